The Morgan fingerprint density at radius 3 is 2.40 bits per heavy atom. The Morgan fingerprint density at radius 2 is 1.80 bits per heavy atom. The Hall–Kier alpha value is 0.180. The van der Waals surface area contributed by atoms with Gasteiger partial charge in [0.05, 0.1) is 0 Å². The first-order valence-electron chi connectivity index (χ1n) is 6.10. The van der Waals surface area contributed by atoms with Gasteiger partial charge < -0.3 is 5.32 Å². The van der Waals surface area contributed by atoms with E-state index in [0.717, 1.165) is 18.9 Å². The van der Waals surface area contributed by atoms with Crippen molar-refractivity contribution in [2.75, 3.05) is 6.54 Å². The molecule has 2 rings (SSSR count). The molecule has 0 bridgehead atoms. The zero-order valence-corrected chi connectivity index (χ0v) is 10.4. The highest BCUT2D eigenvalue weighted by atomic mass is 35.5. The van der Waals surface area contributed by atoms with E-state index >= 15 is 0 Å². The van der Waals surface area contributed by atoms with E-state index in [1.54, 1.807) is 0 Å². The molecule has 1 saturated heterocycles. The molecule has 0 aromatic carbocycles. The third kappa shape index (κ3) is 3.07. The van der Waals surface area contributed by atoms with Crippen molar-refractivity contribution in [3.63, 3.8) is 0 Å². The molecule has 1 aliphatic carbocycles. The first-order valence-corrected chi connectivity index (χ1v) is 6.10. The largest absolute Gasteiger partial charge is 0.311 e. The minimum absolute atomic E-state index is 0. The molecule has 0 spiro atoms. The van der Waals surface area contributed by atoms with Crippen LogP contribution < -0.4 is 5.32 Å². The molecule has 0 aromatic heterocycles. The number of nitrogens with one attached hydrogen (secondary N) is 1. The van der Waals surface area contributed by atoms with Crippen LogP contribution in [0.2, 0.25) is 0 Å². The van der Waals surface area contributed by atoms with Gasteiger partial charge >= 0.3 is 0 Å². The quantitative estimate of drug-likeness (QED) is 0.734. The van der Waals surface area contributed by atoms with Gasteiger partial charge in [-0.2, -0.15) is 0 Å². The monoisotopic (exact) mass is 235 g/mol. The van der Waals surface area contributed by atoms with Crippen LogP contribution in [-0.2, 0) is 0 Å². The Kier molecular flexibility index (Phi) is 4.85. The van der Waals surface area contributed by atoms with E-state index in [0.29, 0.717) is 6.42 Å². The normalized spacial score (nSPS) is 38.4. The SMILES string of the molecule is CC1(C2CCCCC2)CC(F)CCN1.Cl. The molecule has 1 heterocycles. The highest BCUT2D eigenvalue weighted by molar-refractivity contribution is 5.85. The van der Waals surface area contributed by atoms with E-state index in [9.17, 15) is 4.39 Å². The molecule has 0 radical (unpaired) electrons. The second-order valence-electron chi connectivity index (χ2n) is 5.27. The van der Waals surface area contributed by atoms with Crippen molar-refractivity contribution in [1.29, 1.82) is 0 Å². The van der Waals surface area contributed by atoms with Gasteiger partial charge in [0.25, 0.3) is 0 Å². The lowest BCUT2D eigenvalue weighted by Gasteiger charge is -2.44. The highest BCUT2D eigenvalue weighted by Crippen LogP contribution is 2.37. The first kappa shape index (κ1) is 13.2. The second-order valence-corrected chi connectivity index (χ2v) is 5.27. The van der Waals surface area contributed by atoms with Crippen molar-refractivity contribution in [3.8, 4) is 0 Å². The number of halogens is 2. The lowest BCUT2D eigenvalue weighted by molar-refractivity contribution is 0.0923. The molecule has 2 fully saturated rings. The van der Waals surface area contributed by atoms with Gasteiger partial charge in [-0.3, -0.25) is 0 Å². The van der Waals surface area contributed by atoms with Crippen LogP contribution in [-0.4, -0.2) is 18.3 Å². The standard InChI is InChI=1S/C12H22FN.ClH/c1-12(9-11(13)7-8-14-12)10-5-3-2-4-6-10;/h10-11,14H,2-9H2,1H3;1H. The summed E-state index contributed by atoms with van der Waals surface area (Å²) in [6.45, 7) is 3.10. The molecule has 1 N–H and O–H groups in total. The summed E-state index contributed by atoms with van der Waals surface area (Å²) in [5.74, 6) is 0.717. The predicted octanol–water partition coefficient (Wildman–Crippen LogP) is 3.47. The molecule has 0 aromatic rings. The van der Waals surface area contributed by atoms with Crippen molar-refractivity contribution >= 4 is 12.4 Å². The van der Waals surface area contributed by atoms with Crippen molar-refractivity contribution in [2.24, 2.45) is 5.92 Å². The average molecular weight is 236 g/mol. The van der Waals surface area contributed by atoms with Gasteiger partial charge in [0, 0.05) is 5.54 Å². The minimum atomic E-state index is -0.567. The van der Waals surface area contributed by atoms with Crippen LogP contribution in [0.25, 0.3) is 0 Å². The smallest absolute Gasteiger partial charge is 0.103 e. The fourth-order valence-electron chi connectivity index (χ4n) is 3.20. The summed E-state index contributed by atoms with van der Waals surface area (Å²) in [6.07, 6.45) is 7.55. The predicted molar refractivity (Wildman–Crippen MR) is 64.4 cm³/mol. The summed E-state index contributed by atoms with van der Waals surface area (Å²) in [4.78, 5) is 0. The number of piperidine rings is 1. The lowest BCUT2D eigenvalue weighted by Crippen LogP contribution is -2.54. The molecule has 1 nitrogen and oxygen atoms in total. The van der Waals surface area contributed by atoms with Gasteiger partial charge in [-0.05, 0) is 45.1 Å². The summed E-state index contributed by atoms with van der Waals surface area (Å²) in [7, 11) is 0. The van der Waals surface area contributed by atoms with Crippen LogP contribution in [0, 0.1) is 5.92 Å². The Bertz CT molecular complexity index is 194. The zero-order valence-electron chi connectivity index (χ0n) is 9.60. The molecule has 3 heteroatoms. The third-order valence-corrected chi connectivity index (χ3v) is 4.14. The summed E-state index contributed by atoms with van der Waals surface area (Å²) in [5.41, 5.74) is 0.0953. The molecular formula is C12H23ClFN. The maximum absolute atomic E-state index is 13.4. The Labute approximate surface area is 98.6 Å². The summed E-state index contributed by atoms with van der Waals surface area (Å²) in [5, 5.41) is 3.56. The second kappa shape index (κ2) is 5.49. The van der Waals surface area contributed by atoms with Crippen molar-refractivity contribution in [1.82, 2.24) is 5.32 Å². The summed E-state index contributed by atoms with van der Waals surface area (Å²) >= 11 is 0. The lowest BCUT2D eigenvalue weighted by atomic mass is 9.71. The number of hydrogen-bond donors (Lipinski definition) is 1. The van der Waals surface area contributed by atoms with Gasteiger partial charge in [0.2, 0.25) is 0 Å². The third-order valence-electron chi connectivity index (χ3n) is 4.14. The fraction of sp³-hybridized carbons (Fsp3) is 1.00. The number of hydrogen-bond acceptors (Lipinski definition) is 1. The van der Waals surface area contributed by atoms with E-state index in [4.69, 9.17) is 0 Å². The van der Waals surface area contributed by atoms with Gasteiger partial charge in [0.1, 0.15) is 6.17 Å². The van der Waals surface area contributed by atoms with Gasteiger partial charge in [-0.1, -0.05) is 19.3 Å². The molecular weight excluding hydrogens is 213 g/mol. The van der Waals surface area contributed by atoms with E-state index in [2.05, 4.69) is 12.2 Å². The molecule has 2 aliphatic rings. The van der Waals surface area contributed by atoms with E-state index in [-0.39, 0.29) is 17.9 Å². The van der Waals surface area contributed by atoms with Crippen LogP contribution in [0.5, 0.6) is 0 Å². The fourth-order valence-corrected chi connectivity index (χ4v) is 3.20. The van der Waals surface area contributed by atoms with Crippen molar-refractivity contribution in [3.05, 3.63) is 0 Å². The molecule has 2 atom stereocenters. The van der Waals surface area contributed by atoms with Crippen LogP contribution >= 0.6 is 12.4 Å². The van der Waals surface area contributed by atoms with Crippen molar-refractivity contribution in [2.45, 2.75) is 63.6 Å². The molecule has 1 saturated carbocycles. The molecule has 15 heavy (non-hydrogen) atoms. The van der Waals surface area contributed by atoms with Gasteiger partial charge in [0.15, 0.2) is 0 Å². The number of rotatable bonds is 1. The number of alkyl halides is 1. The Morgan fingerprint density at radius 1 is 1.13 bits per heavy atom. The Balaban J connectivity index is 0.00000112. The molecule has 0 amide bonds. The summed E-state index contributed by atoms with van der Waals surface area (Å²) < 4.78 is 13.4. The molecule has 2 unspecified atom stereocenters. The minimum Gasteiger partial charge on any atom is -0.311 e. The summed E-state index contributed by atoms with van der Waals surface area (Å²) in [6, 6.07) is 0. The molecule has 1 aliphatic heterocycles. The van der Waals surface area contributed by atoms with Gasteiger partial charge in [-0.15, -0.1) is 12.4 Å². The maximum Gasteiger partial charge on any atom is 0.103 e. The van der Waals surface area contributed by atoms with E-state index < -0.39 is 6.17 Å². The van der Waals surface area contributed by atoms with Crippen LogP contribution in [0.3, 0.4) is 0 Å². The van der Waals surface area contributed by atoms with Crippen LogP contribution in [0.4, 0.5) is 4.39 Å². The van der Waals surface area contributed by atoms with Crippen LogP contribution in [0.1, 0.15) is 51.9 Å². The van der Waals surface area contributed by atoms with Crippen molar-refractivity contribution < 1.29 is 4.39 Å². The van der Waals surface area contributed by atoms with Crippen LogP contribution in [0.15, 0.2) is 0 Å². The maximum atomic E-state index is 13.4. The topological polar surface area (TPSA) is 12.0 Å². The zero-order chi connectivity index (χ0) is 10.0. The van der Waals surface area contributed by atoms with E-state index in [1.165, 1.54) is 32.1 Å². The van der Waals surface area contributed by atoms with Gasteiger partial charge in [-0.25, -0.2) is 4.39 Å². The first-order chi connectivity index (χ1) is 6.71. The average Bonchev–Trinajstić information content (AvgIpc) is 2.19. The molecule has 90 valence electrons. The van der Waals surface area contributed by atoms with E-state index in [1.807, 2.05) is 0 Å². The highest BCUT2D eigenvalue weighted by Gasteiger charge is 2.38.